The number of nitrogens with zero attached hydrogens (tertiary/aromatic N) is 1. The van der Waals surface area contributed by atoms with Crippen molar-refractivity contribution in [3.05, 3.63) is 83.6 Å². The van der Waals surface area contributed by atoms with Crippen molar-refractivity contribution in [2.24, 2.45) is 0 Å². The Morgan fingerprint density at radius 3 is 2.75 bits per heavy atom. The molecule has 120 valence electrons. The Morgan fingerprint density at radius 1 is 1.08 bits per heavy atom. The number of rotatable bonds is 4. The van der Waals surface area contributed by atoms with Gasteiger partial charge in [0, 0.05) is 28.8 Å². The first-order chi connectivity index (χ1) is 11.6. The van der Waals surface area contributed by atoms with Crippen LogP contribution in [0.1, 0.15) is 11.1 Å². The van der Waals surface area contributed by atoms with Crippen LogP contribution < -0.4 is 0 Å². The average Bonchev–Trinajstić information content (AvgIpc) is 2.61. The molecule has 0 radical (unpaired) electrons. The van der Waals surface area contributed by atoms with Crippen molar-refractivity contribution in [2.45, 2.75) is 6.61 Å². The fraction of sp³-hybridized carbons (Fsp3) is 0.0526. The highest BCUT2D eigenvalue weighted by atomic mass is 19.2. The van der Waals surface area contributed by atoms with Crippen molar-refractivity contribution in [1.29, 1.82) is 0 Å². The molecule has 0 saturated heterocycles. The quantitative estimate of drug-likeness (QED) is 0.531. The molecular formula is C19H13F2NO2. The molecule has 0 amide bonds. The summed E-state index contributed by atoms with van der Waals surface area (Å²) in [4.78, 5) is 16.1. The number of para-hydroxylation sites is 1. The van der Waals surface area contributed by atoms with Crippen LogP contribution in [-0.2, 0) is 16.1 Å². The van der Waals surface area contributed by atoms with Gasteiger partial charge in [-0.25, -0.2) is 13.6 Å². The SMILES string of the molecule is O=C(/C=C/c1cccc2cccnc12)OCc1cccc(F)c1F. The molecule has 0 N–H and O–H groups in total. The lowest BCUT2D eigenvalue weighted by Crippen LogP contribution is -2.03. The van der Waals surface area contributed by atoms with E-state index in [1.165, 1.54) is 18.2 Å². The molecule has 0 bridgehead atoms. The van der Waals surface area contributed by atoms with E-state index < -0.39 is 17.6 Å². The largest absolute Gasteiger partial charge is 0.458 e. The molecule has 0 aliphatic heterocycles. The minimum absolute atomic E-state index is 0.0106. The van der Waals surface area contributed by atoms with Gasteiger partial charge in [0.2, 0.25) is 0 Å². The smallest absolute Gasteiger partial charge is 0.331 e. The van der Waals surface area contributed by atoms with Crippen molar-refractivity contribution in [2.75, 3.05) is 0 Å². The maximum atomic E-state index is 13.5. The van der Waals surface area contributed by atoms with Gasteiger partial charge in [0.25, 0.3) is 0 Å². The van der Waals surface area contributed by atoms with E-state index in [2.05, 4.69) is 4.98 Å². The van der Waals surface area contributed by atoms with Gasteiger partial charge in [-0.05, 0) is 18.2 Å². The highest BCUT2D eigenvalue weighted by Gasteiger charge is 2.09. The molecule has 3 aromatic rings. The zero-order valence-corrected chi connectivity index (χ0v) is 12.6. The number of hydrogen-bond acceptors (Lipinski definition) is 3. The summed E-state index contributed by atoms with van der Waals surface area (Å²) in [7, 11) is 0. The zero-order chi connectivity index (χ0) is 16.9. The molecule has 3 rings (SSSR count). The van der Waals surface area contributed by atoms with Gasteiger partial charge in [-0.2, -0.15) is 0 Å². The third-order valence-electron chi connectivity index (χ3n) is 3.46. The molecule has 24 heavy (non-hydrogen) atoms. The van der Waals surface area contributed by atoms with Crippen molar-refractivity contribution < 1.29 is 18.3 Å². The lowest BCUT2D eigenvalue weighted by molar-refractivity contribution is -0.139. The summed E-state index contributed by atoms with van der Waals surface area (Å²) >= 11 is 0. The van der Waals surface area contributed by atoms with Gasteiger partial charge in [-0.15, -0.1) is 0 Å². The lowest BCUT2D eigenvalue weighted by atomic mass is 10.1. The van der Waals surface area contributed by atoms with E-state index >= 15 is 0 Å². The van der Waals surface area contributed by atoms with Gasteiger partial charge in [0.1, 0.15) is 6.61 Å². The van der Waals surface area contributed by atoms with E-state index in [1.54, 1.807) is 12.3 Å². The predicted octanol–water partition coefficient (Wildman–Crippen LogP) is 4.27. The maximum absolute atomic E-state index is 13.5. The van der Waals surface area contributed by atoms with E-state index in [1.807, 2.05) is 30.3 Å². The Kier molecular flexibility index (Phi) is 4.61. The van der Waals surface area contributed by atoms with Crippen molar-refractivity contribution >= 4 is 22.9 Å². The van der Waals surface area contributed by atoms with Crippen molar-refractivity contribution in [3.8, 4) is 0 Å². The molecule has 1 aromatic heterocycles. The van der Waals surface area contributed by atoms with Crippen LogP contribution in [0.4, 0.5) is 8.78 Å². The summed E-state index contributed by atoms with van der Waals surface area (Å²) < 4.78 is 31.5. The van der Waals surface area contributed by atoms with Gasteiger partial charge in [-0.1, -0.05) is 36.4 Å². The van der Waals surface area contributed by atoms with E-state index in [4.69, 9.17) is 4.74 Å². The summed E-state index contributed by atoms with van der Waals surface area (Å²) in [6.45, 7) is -0.333. The van der Waals surface area contributed by atoms with Gasteiger partial charge in [-0.3, -0.25) is 4.98 Å². The summed E-state index contributed by atoms with van der Waals surface area (Å²) in [5, 5.41) is 0.954. The maximum Gasteiger partial charge on any atom is 0.331 e. The second-order valence-corrected chi connectivity index (χ2v) is 5.08. The fourth-order valence-corrected chi connectivity index (χ4v) is 2.28. The molecule has 2 aromatic carbocycles. The van der Waals surface area contributed by atoms with E-state index in [0.29, 0.717) is 0 Å². The van der Waals surface area contributed by atoms with Crippen LogP contribution >= 0.6 is 0 Å². The average molecular weight is 325 g/mol. The van der Waals surface area contributed by atoms with Gasteiger partial charge >= 0.3 is 5.97 Å². The van der Waals surface area contributed by atoms with Crippen LogP contribution in [-0.4, -0.2) is 11.0 Å². The number of carbonyl (C=O) groups excluding carboxylic acids is 1. The molecule has 1 heterocycles. The normalized spacial score (nSPS) is 11.1. The molecule has 0 aliphatic rings. The number of pyridine rings is 1. The highest BCUT2D eigenvalue weighted by Crippen LogP contribution is 2.17. The number of benzene rings is 2. The van der Waals surface area contributed by atoms with Crippen LogP contribution in [0.25, 0.3) is 17.0 Å². The Labute approximate surface area is 137 Å². The number of esters is 1. The fourth-order valence-electron chi connectivity index (χ4n) is 2.28. The van der Waals surface area contributed by atoms with Crippen LogP contribution in [0, 0.1) is 11.6 Å². The van der Waals surface area contributed by atoms with Crippen molar-refractivity contribution in [1.82, 2.24) is 4.98 Å². The molecule has 5 heteroatoms. The van der Waals surface area contributed by atoms with E-state index in [9.17, 15) is 13.6 Å². The van der Waals surface area contributed by atoms with E-state index in [-0.39, 0.29) is 12.2 Å². The molecule has 3 nitrogen and oxygen atoms in total. The molecular weight excluding hydrogens is 312 g/mol. The second-order valence-electron chi connectivity index (χ2n) is 5.08. The summed E-state index contributed by atoms with van der Waals surface area (Å²) in [6, 6.07) is 13.1. The third-order valence-corrected chi connectivity index (χ3v) is 3.46. The molecule has 0 aliphatic carbocycles. The minimum Gasteiger partial charge on any atom is -0.458 e. The Hall–Kier alpha value is -3.08. The van der Waals surface area contributed by atoms with Crippen molar-refractivity contribution in [3.63, 3.8) is 0 Å². The van der Waals surface area contributed by atoms with Crippen LogP contribution in [0.5, 0.6) is 0 Å². The predicted molar refractivity (Wildman–Crippen MR) is 86.9 cm³/mol. The number of halogens is 2. The Balaban J connectivity index is 1.70. The molecule has 0 saturated carbocycles. The first-order valence-electron chi connectivity index (χ1n) is 7.26. The third kappa shape index (κ3) is 3.46. The van der Waals surface area contributed by atoms with Gasteiger partial charge in [0.05, 0.1) is 5.52 Å². The lowest BCUT2D eigenvalue weighted by Gasteiger charge is -2.04. The number of aromatic nitrogens is 1. The summed E-state index contributed by atoms with van der Waals surface area (Å²) in [5.41, 5.74) is 1.52. The number of ether oxygens (including phenoxy) is 1. The summed E-state index contributed by atoms with van der Waals surface area (Å²) in [5.74, 6) is -2.62. The van der Waals surface area contributed by atoms with Crippen LogP contribution in [0.15, 0.2) is 60.8 Å². The molecule has 0 fully saturated rings. The Morgan fingerprint density at radius 2 is 1.88 bits per heavy atom. The number of hydrogen-bond donors (Lipinski definition) is 0. The highest BCUT2D eigenvalue weighted by molar-refractivity contribution is 5.92. The first kappa shape index (κ1) is 15.8. The monoisotopic (exact) mass is 325 g/mol. The summed E-state index contributed by atoms with van der Waals surface area (Å²) in [6.07, 6.45) is 4.49. The minimum atomic E-state index is -1.01. The molecule has 0 spiro atoms. The van der Waals surface area contributed by atoms with Crippen LogP contribution in [0.3, 0.4) is 0 Å². The molecule has 0 atom stereocenters. The first-order valence-corrected chi connectivity index (χ1v) is 7.26. The zero-order valence-electron chi connectivity index (χ0n) is 12.6. The number of carbonyl (C=O) groups is 1. The second kappa shape index (κ2) is 7.00. The molecule has 0 unspecified atom stereocenters. The standard InChI is InChI=1S/C19H13F2NO2/c20-16-8-2-6-15(18(16)21)12-24-17(23)10-9-14-5-1-4-13-7-3-11-22-19(13)14/h1-11H,12H2/b10-9+. The van der Waals surface area contributed by atoms with Gasteiger partial charge < -0.3 is 4.74 Å². The topological polar surface area (TPSA) is 39.2 Å². The number of fused-ring (bicyclic) bond motifs is 1. The van der Waals surface area contributed by atoms with Gasteiger partial charge in [0.15, 0.2) is 11.6 Å². The van der Waals surface area contributed by atoms with Crippen LogP contribution in [0.2, 0.25) is 0 Å². The van der Waals surface area contributed by atoms with E-state index in [0.717, 1.165) is 22.5 Å². The Bertz CT molecular complexity index is 917.